The first-order chi connectivity index (χ1) is 27.0. The lowest BCUT2D eigenvalue weighted by Gasteiger charge is -2.25. The number of hydrogen-bond acceptors (Lipinski definition) is 4. The summed E-state index contributed by atoms with van der Waals surface area (Å²) < 4.78 is 8.52. The van der Waals surface area contributed by atoms with E-state index in [1.165, 1.54) is 32.5 Å². The molecule has 0 spiro atoms. The first-order valence-electron chi connectivity index (χ1n) is 19.6. The first-order valence-corrected chi connectivity index (χ1v) is 19.6. The van der Waals surface area contributed by atoms with E-state index in [9.17, 15) is 0 Å². The molecule has 0 fully saturated rings. The predicted molar refractivity (Wildman–Crippen MR) is 231 cm³/mol. The Bertz CT molecular complexity index is 2770. The fourth-order valence-electron chi connectivity index (χ4n) is 8.17. The van der Waals surface area contributed by atoms with E-state index in [0.29, 0.717) is 0 Å². The van der Waals surface area contributed by atoms with Crippen molar-refractivity contribution in [1.82, 2.24) is 9.55 Å². The highest BCUT2D eigenvalue weighted by molar-refractivity contribution is 6.02. The molecule has 3 aromatic heterocycles. The van der Waals surface area contributed by atoms with Crippen LogP contribution in [0.3, 0.4) is 0 Å². The van der Waals surface area contributed by atoms with E-state index in [1.54, 1.807) is 0 Å². The van der Waals surface area contributed by atoms with E-state index in [4.69, 9.17) is 14.4 Å². The molecule has 8 rings (SSSR count). The van der Waals surface area contributed by atoms with Crippen molar-refractivity contribution >= 4 is 52.2 Å². The highest BCUT2D eigenvalue weighted by Gasteiger charge is 2.20. The number of nitrogens with zero attached hydrogens (tertiary/aromatic N) is 4. The maximum absolute atomic E-state index is 6.17. The van der Waals surface area contributed by atoms with E-state index in [0.717, 1.165) is 82.0 Å². The van der Waals surface area contributed by atoms with Crippen LogP contribution in [0.1, 0.15) is 74.1 Å². The molecule has 0 bridgehead atoms. The summed E-state index contributed by atoms with van der Waals surface area (Å²) in [7, 11) is 2.13. The summed E-state index contributed by atoms with van der Waals surface area (Å²) in [4.78, 5) is 12.8. The molecule has 5 nitrogen and oxygen atoms in total. The smallest absolute Gasteiger partial charge is 0.138 e. The van der Waals surface area contributed by atoms with Crippen molar-refractivity contribution in [3.05, 3.63) is 177 Å². The summed E-state index contributed by atoms with van der Waals surface area (Å²) in [5.74, 6) is 2.94. The van der Waals surface area contributed by atoms with Gasteiger partial charge in [-0.25, -0.2) is 9.98 Å². The molecule has 6 aromatic rings. The maximum Gasteiger partial charge on any atom is 0.138 e. The third-order valence-corrected chi connectivity index (χ3v) is 11.0. The second-order valence-corrected chi connectivity index (χ2v) is 14.2. The molecule has 4 heterocycles. The molecule has 3 aromatic carbocycles. The highest BCUT2D eigenvalue weighted by Crippen LogP contribution is 2.33. The zero-order chi connectivity index (χ0) is 37.9. The van der Waals surface area contributed by atoms with Crippen LogP contribution in [0.25, 0.3) is 46.6 Å². The van der Waals surface area contributed by atoms with Gasteiger partial charge in [0.05, 0.1) is 22.3 Å². The molecule has 2 aliphatic rings. The lowest BCUT2D eigenvalue weighted by atomic mass is 9.93. The second-order valence-electron chi connectivity index (χ2n) is 14.2. The average molecular weight is 721 g/mol. The number of allylic oxidation sites excluding steroid dienone is 5. The van der Waals surface area contributed by atoms with E-state index in [-0.39, 0.29) is 5.92 Å². The third kappa shape index (κ3) is 6.87. The van der Waals surface area contributed by atoms with E-state index < -0.39 is 0 Å². The van der Waals surface area contributed by atoms with Gasteiger partial charge in [0, 0.05) is 46.5 Å². The Kier molecular flexibility index (Phi) is 10.2. The standard InChI is InChI=1S/C50H48N4O/c1-6-35(40-21-12-15-25-45(40)53(5)49-27-17-14-23-43(51-49)36-19-10-9-11-20-36)33-47-39(8-3)41-22-13-16-26-46(41)54(47)50-28-18-24-44(52-50)37-29-31-42-38(7-2)34(4)55-48(42)32-30-37/h8-22,24-29,31-33,35H,6-7,23,30H2,1-5H3/b39-8-,47-33+. The van der Waals surface area contributed by atoms with Crippen LogP contribution in [-0.2, 0) is 6.42 Å². The lowest BCUT2D eigenvalue weighted by Crippen LogP contribution is -2.30. The van der Waals surface area contributed by atoms with Gasteiger partial charge in [-0.15, -0.1) is 0 Å². The summed E-state index contributed by atoms with van der Waals surface area (Å²) in [6.45, 7) is 8.67. The highest BCUT2D eigenvalue weighted by atomic mass is 16.3. The number of benzene rings is 3. The minimum Gasteiger partial charge on any atom is -0.461 e. The van der Waals surface area contributed by atoms with Gasteiger partial charge in [-0.1, -0.05) is 123 Å². The Balaban J connectivity index is 1.24. The minimum atomic E-state index is 0.120. The number of aliphatic imine (C=N–C) groups is 1. The molecule has 0 amide bonds. The second kappa shape index (κ2) is 15.6. The van der Waals surface area contributed by atoms with Gasteiger partial charge in [0.1, 0.15) is 22.8 Å². The predicted octanol–water partition coefficient (Wildman–Crippen LogP) is 9.04. The van der Waals surface area contributed by atoms with Crippen LogP contribution < -0.4 is 26.1 Å². The summed E-state index contributed by atoms with van der Waals surface area (Å²) >= 11 is 0. The van der Waals surface area contributed by atoms with Gasteiger partial charge in [-0.05, 0) is 86.2 Å². The molecule has 0 radical (unpaired) electrons. The van der Waals surface area contributed by atoms with Crippen molar-refractivity contribution in [1.29, 1.82) is 0 Å². The van der Waals surface area contributed by atoms with Crippen molar-refractivity contribution in [2.75, 3.05) is 11.9 Å². The Labute approximate surface area is 323 Å². The summed E-state index contributed by atoms with van der Waals surface area (Å²) in [5, 5.41) is 4.76. The van der Waals surface area contributed by atoms with Gasteiger partial charge >= 0.3 is 0 Å². The molecule has 0 saturated carbocycles. The topological polar surface area (TPSA) is 46.6 Å². The molecule has 1 unspecified atom stereocenters. The number of aryl methyl sites for hydroxylation is 1. The summed E-state index contributed by atoms with van der Waals surface area (Å²) in [6.07, 6.45) is 21.2. The maximum atomic E-state index is 6.17. The molecular formula is C50H48N4O. The Morgan fingerprint density at radius 3 is 2.49 bits per heavy atom. The van der Waals surface area contributed by atoms with Crippen LogP contribution in [0.4, 0.5) is 5.69 Å². The Morgan fingerprint density at radius 2 is 1.67 bits per heavy atom. The monoisotopic (exact) mass is 720 g/mol. The van der Waals surface area contributed by atoms with Crippen molar-refractivity contribution in [2.45, 2.75) is 59.3 Å². The Hall–Kier alpha value is -6.20. The van der Waals surface area contributed by atoms with Gasteiger partial charge in [0.25, 0.3) is 0 Å². The van der Waals surface area contributed by atoms with Crippen LogP contribution in [-0.4, -0.2) is 22.3 Å². The van der Waals surface area contributed by atoms with Gasteiger partial charge in [0.2, 0.25) is 0 Å². The Morgan fingerprint density at radius 1 is 0.873 bits per heavy atom. The van der Waals surface area contributed by atoms with Crippen LogP contribution in [0.2, 0.25) is 0 Å². The fourth-order valence-corrected chi connectivity index (χ4v) is 8.17. The SMILES string of the molecule is C/C=c1\c(=C/C(CC)c2ccccc2N(C)C2=CC=CCC(c3ccccc3)=N2)n(-c2cccc(C3=CC=c4c(CC)c(C)oc4=CC3)n2)c2ccccc12. The van der Waals surface area contributed by atoms with Crippen LogP contribution in [0, 0.1) is 6.92 Å². The van der Waals surface area contributed by atoms with Gasteiger partial charge in [0.15, 0.2) is 0 Å². The lowest BCUT2D eigenvalue weighted by molar-refractivity contribution is 0.498. The number of anilines is 1. The van der Waals surface area contributed by atoms with Crippen LogP contribution >= 0.6 is 0 Å². The van der Waals surface area contributed by atoms with Crippen LogP contribution in [0.15, 0.2) is 137 Å². The molecule has 5 heteroatoms. The van der Waals surface area contributed by atoms with Crippen LogP contribution in [0.5, 0.6) is 0 Å². The zero-order valence-electron chi connectivity index (χ0n) is 32.5. The normalized spacial score (nSPS) is 15.3. The molecule has 274 valence electrons. The summed E-state index contributed by atoms with van der Waals surface area (Å²) in [6, 6.07) is 34.3. The van der Waals surface area contributed by atoms with Crippen molar-refractivity contribution in [3.63, 3.8) is 0 Å². The number of rotatable bonds is 9. The molecule has 1 aliphatic heterocycles. The van der Waals surface area contributed by atoms with E-state index in [2.05, 4.69) is 190 Å². The molecule has 0 saturated heterocycles. The van der Waals surface area contributed by atoms with Crippen molar-refractivity contribution in [3.8, 4) is 5.82 Å². The number of aromatic nitrogens is 2. The number of pyridine rings is 1. The number of hydrogen-bond donors (Lipinski definition) is 0. The van der Waals surface area contributed by atoms with E-state index >= 15 is 0 Å². The number of furan rings is 1. The zero-order valence-corrected chi connectivity index (χ0v) is 32.5. The molecule has 0 N–H and O–H groups in total. The first kappa shape index (κ1) is 35.8. The summed E-state index contributed by atoms with van der Waals surface area (Å²) in [5.41, 5.74) is 10.1. The van der Waals surface area contributed by atoms with Gasteiger partial charge in [-0.2, -0.15) is 0 Å². The molecule has 1 aliphatic carbocycles. The molecular weight excluding hydrogens is 673 g/mol. The largest absolute Gasteiger partial charge is 0.461 e. The average Bonchev–Trinajstić information content (AvgIpc) is 3.45. The van der Waals surface area contributed by atoms with E-state index in [1.807, 2.05) is 0 Å². The fraction of sp³-hybridized carbons (Fsp3) is 0.200. The number of para-hydroxylation sites is 2. The quantitative estimate of drug-likeness (QED) is 0.150. The van der Waals surface area contributed by atoms with Crippen molar-refractivity contribution in [2.24, 2.45) is 4.99 Å². The third-order valence-electron chi connectivity index (χ3n) is 11.0. The van der Waals surface area contributed by atoms with Crippen molar-refractivity contribution < 1.29 is 4.42 Å². The van der Waals surface area contributed by atoms with Gasteiger partial charge in [-0.3, -0.25) is 4.57 Å². The molecule has 55 heavy (non-hydrogen) atoms. The van der Waals surface area contributed by atoms with Gasteiger partial charge < -0.3 is 9.32 Å². The minimum absolute atomic E-state index is 0.120. The number of fused-ring (bicyclic) bond motifs is 2. The molecule has 1 atom stereocenters.